The lowest BCUT2D eigenvalue weighted by molar-refractivity contribution is -0.123. The molecule has 3 aromatic rings. The number of para-hydroxylation sites is 1. The molecule has 0 atom stereocenters. The molecule has 2 amide bonds. The van der Waals surface area contributed by atoms with E-state index >= 15 is 0 Å². The number of halogens is 2. The highest BCUT2D eigenvalue weighted by Crippen LogP contribution is 2.39. The molecule has 1 fully saturated rings. The van der Waals surface area contributed by atoms with Crippen molar-refractivity contribution in [1.82, 2.24) is 4.90 Å². The summed E-state index contributed by atoms with van der Waals surface area (Å²) in [6.07, 6.45) is 1.39. The van der Waals surface area contributed by atoms with E-state index in [0.717, 1.165) is 4.90 Å². The minimum absolute atomic E-state index is 0.0474. The fourth-order valence-electron chi connectivity index (χ4n) is 3.26. The number of benzene rings is 3. The third-order valence-corrected chi connectivity index (χ3v) is 7.84. The van der Waals surface area contributed by atoms with Crippen molar-refractivity contribution in [3.63, 3.8) is 0 Å². The zero-order chi connectivity index (χ0) is 25.2. The first-order valence-electron chi connectivity index (χ1n) is 10.1. The van der Waals surface area contributed by atoms with Crippen LogP contribution < -0.4 is 8.92 Å². The van der Waals surface area contributed by atoms with Crippen molar-refractivity contribution >= 4 is 62.3 Å². The third kappa shape index (κ3) is 5.33. The second-order valence-corrected chi connectivity index (χ2v) is 10.6. The summed E-state index contributed by atoms with van der Waals surface area (Å²) in [6.45, 7) is -0.107. The van der Waals surface area contributed by atoms with Gasteiger partial charge in [-0.1, -0.05) is 59.6 Å². The van der Waals surface area contributed by atoms with Crippen molar-refractivity contribution in [2.24, 2.45) is 0 Å². The Morgan fingerprint density at radius 3 is 2.26 bits per heavy atom. The molecular formula is C24H17Cl2NO6S2. The highest BCUT2D eigenvalue weighted by Gasteiger charge is 2.36. The Labute approximate surface area is 216 Å². The van der Waals surface area contributed by atoms with Crippen LogP contribution in [0.4, 0.5) is 4.79 Å². The molecule has 0 bridgehead atoms. The Morgan fingerprint density at radius 2 is 1.60 bits per heavy atom. The molecule has 0 radical (unpaired) electrons. The molecule has 0 aromatic heterocycles. The zero-order valence-electron chi connectivity index (χ0n) is 18.1. The fourth-order valence-corrected chi connectivity index (χ4v) is 5.59. The van der Waals surface area contributed by atoms with Crippen molar-refractivity contribution in [3.8, 4) is 11.5 Å². The van der Waals surface area contributed by atoms with Gasteiger partial charge in [-0.3, -0.25) is 14.5 Å². The normalized spacial score (nSPS) is 15.1. The second-order valence-electron chi connectivity index (χ2n) is 7.20. The Balaban J connectivity index is 1.68. The van der Waals surface area contributed by atoms with Crippen LogP contribution >= 0.6 is 35.0 Å². The molecule has 0 N–H and O–H groups in total. The van der Waals surface area contributed by atoms with Crippen LogP contribution in [0.2, 0.25) is 10.0 Å². The van der Waals surface area contributed by atoms with Crippen LogP contribution in [-0.2, 0) is 21.5 Å². The number of methoxy groups -OCH3 is 1. The molecule has 0 saturated carbocycles. The molecule has 4 rings (SSSR count). The molecule has 0 aliphatic carbocycles. The van der Waals surface area contributed by atoms with Crippen LogP contribution in [0.5, 0.6) is 11.5 Å². The molecule has 0 unspecified atom stereocenters. The number of hydrogen-bond acceptors (Lipinski definition) is 7. The molecular weight excluding hydrogens is 533 g/mol. The van der Waals surface area contributed by atoms with Gasteiger partial charge in [0.05, 0.1) is 18.6 Å². The summed E-state index contributed by atoms with van der Waals surface area (Å²) in [5, 5.41) is 0.143. The number of rotatable bonds is 7. The van der Waals surface area contributed by atoms with E-state index in [0.29, 0.717) is 27.4 Å². The Hall–Kier alpha value is -2.98. The monoisotopic (exact) mass is 549 g/mol. The maximum atomic E-state index is 13.1. The molecule has 1 heterocycles. The van der Waals surface area contributed by atoms with Gasteiger partial charge in [-0.25, -0.2) is 0 Å². The summed E-state index contributed by atoms with van der Waals surface area (Å²) in [5.74, 6) is -0.546. The maximum absolute atomic E-state index is 13.1. The number of imide groups is 1. The molecule has 1 saturated heterocycles. The highest BCUT2D eigenvalue weighted by atomic mass is 35.5. The maximum Gasteiger partial charge on any atom is 0.339 e. The standard InChI is InChI=1S/C24H17Cl2NO6S2/c1-32-20-12-5-7-15(22(20)33-35(30,31)16-8-3-2-4-9-16)13-21-23(28)27(24(29)34-21)14-17-18(25)10-6-11-19(17)26/h2-13H,14H2,1H3/b21-13-. The number of ether oxygens (including phenoxy) is 1. The number of hydrogen-bond donors (Lipinski definition) is 0. The molecule has 7 nitrogen and oxygen atoms in total. The van der Waals surface area contributed by atoms with Gasteiger partial charge in [0.1, 0.15) is 4.90 Å². The summed E-state index contributed by atoms with van der Waals surface area (Å²) < 4.78 is 36.4. The van der Waals surface area contributed by atoms with Gasteiger partial charge in [0.25, 0.3) is 11.1 Å². The van der Waals surface area contributed by atoms with Crippen molar-refractivity contribution in [1.29, 1.82) is 0 Å². The number of nitrogens with zero attached hydrogens (tertiary/aromatic N) is 1. The number of amides is 2. The van der Waals surface area contributed by atoms with Crippen molar-refractivity contribution in [3.05, 3.63) is 92.8 Å². The predicted molar refractivity (Wildman–Crippen MR) is 135 cm³/mol. The lowest BCUT2D eigenvalue weighted by Crippen LogP contribution is -2.27. The van der Waals surface area contributed by atoms with E-state index in [1.807, 2.05) is 0 Å². The molecule has 3 aromatic carbocycles. The lowest BCUT2D eigenvalue weighted by atomic mass is 10.1. The van der Waals surface area contributed by atoms with Crippen molar-refractivity contribution in [2.45, 2.75) is 11.4 Å². The van der Waals surface area contributed by atoms with E-state index in [1.54, 1.807) is 48.5 Å². The second kappa shape index (κ2) is 10.3. The number of carbonyl (C=O) groups excluding carboxylic acids is 2. The van der Waals surface area contributed by atoms with Crippen LogP contribution in [0, 0.1) is 0 Å². The minimum atomic E-state index is -4.19. The van der Waals surface area contributed by atoms with Crippen LogP contribution in [0.25, 0.3) is 6.08 Å². The van der Waals surface area contributed by atoms with Gasteiger partial charge in [0.2, 0.25) is 0 Å². The van der Waals surface area contributed by atoms with Gasteiger partial charge in [-0.2, -0.15) is 8.42 Å². The van der Waals surface area contributed by atoms with E-state index in [4.69, 9.17) is 32.1 Å². The van der Waals surface area contributed by atoms with E-state index in [1.165, 1.54) is 31.4 Å². The van der Waals surface area contributed by atoms with Gasteiger partial charge in [0.15, 0.2) is 11.5 Å². The zero-order valence-corrected chi connectivity index (χ0v) is 21.2. The molecule has 180 valence electrons. The van der Waals surface area contributed by atoms with E-state index in [9.17, 15) is 18.0 Å². The Kier molecular flexibility index (Phi) is 7.42. The fraction of sp³-hybridized carbons (Fsp3) is 0.0833. The first kappa shape index (κ1) is 25.1. The highest BCUT2D eigenvalue weighted by molar-refractivity contribution is 8.18. The van der Waals surface area contributed by atoms with Gasteiger partial charge in [-0.15, -0.1) is 0 Å². The summed E-state index contributed by atoms with van der Waals surface area (Å²) in [4.78, 5) is 26.7. The lowest BCUT2D eigenvalue weighted by Gasteiger charge is -2.15. The summed E-state index contributed by atoms with van der Waals surface area (Å²) in [6, 6.07) is 17.2. The molecule has 35 heavy (non-hydrogen) atoms. The first-order valence-corrected chi connectivity index (χ1v) is 13.0. The smallest absolute Gasteiger partial charge is 0.339 e. The molecule has 1 aliphatic heterocycles. The SMILES string of the molecule is COc1cccc(/C=C2\SC(=O)N(Cc3c(Cl)cccc3Cl)C2=O)c1OS(=O)(=O)c1ccccc1. The van der Waals surface area contributed by atoms with Gasteiger partial charge < -0.3 is 8.92 Å². The number of carbonyl (C=O) groups is 2. The average molecular weight is 550 g/mol. The minimum Gasteiger partial charge on any atom is -0.493 e. The molecule has 0 spiro atoms. The van der Waals surface area contributed by atoms with E-state index in [2.05, 4.69) is 0 Å². The number of thioether (sulfide) groups is 1. The first-order chi connectivity index (χ1) is 16.7. The van der Waals surface area contributed by atoms with Gasteiger partial charge in [-0.05, 0) is 48.2 Å². The molecule has 11 heteroatoms. The van der Waals surface area contributed by atoms with Crippen LogP contribution in [-0.4, -0.2) is 31.6 Å². The molecule has 1 aliphatic rings. The van der Waals surface area contributed by atoms with Crippen molar-refractivity contribution < 1.29 is 26.9 Å². The average Bonchev–Trinajstić information content (AvgIpc) is 3.10. The van der Waals surface area contributed by atoms with Gasteiger partial charge >= 0.3 is 10.1 Å². The van der Waals surface area contributed by atoms with Crippen molar-refractivity contribution in [2.75, 3.05) is 7.11 Å². The summed E-state index contributed by atoms with van der Waals surface area (Å²) in [5.41, 5.74) is 0.684. The topological polar surface area (TPSA) is 90.0 Å². The quantitative estimate of drug-likeness (QED) is 0.263. The summed E-state index contributed by atoms with van der Waals surface area (Å²) >= 11 is 13.1. The van der Waals surface area contributed by atoms with Gasteiger partial charge in [0, 0.05) is 21.2 Å². The Bertz CT molecular complexity index is 1420. The summed E-state index contributed by atoms with van der Waals surface area (Å²) in [7, 11) is -2.83. The van der Waals surface area contributed by atoms with E-state index in [-0.39, 0.29) is 33.4 Å². The third-order valence-electron chi connectivity index (χ3n) is 4.99. The van der Waals surface area contributed by atoms with E-state index < -0.39 is 21.3 Å². The predicted octanol–water partition coefficient (Wildman–Crippen LogP) is 6.01. The van der Waals surface area contributed by atoms with Crippen LogP contribution in [0.1, 0.15) is 11.1 Å². The largest absolute Gasteiger partial charge is 0.493 e. The Morgan fingerprint density at radius 1 is 0.943 bits per heavy atom. The van der Waals surface area contributed by atoms with Crippen LogP contribution in [0.15, 0.2) is 76.5 Å². The van der Waals surface area contributed by atoms with Crippen LogP contribution in [0.3, 0.4) is 0 Å².